The summed E-state index contributed by atoms with van der Waals surface area (Å²) in [5, 5.41) is 0. The Kier molecular flexibility index (Phi) is 4.44. The van der Waals surface area contributed by atoms with Crippen molar-refractivity contribution in [2.24, 2.45) is 5.92 Å². The molecule has 0 N–H and O–H groups in total. The Labute approximate surface area is 85.6 Å². The van der Waals surface area contributed by atoms with Crippen LogP contribution >= 0.6 is 0 Å². The van der Waals surface area contributed by atoms with Gasteiger partial charge in [-0.3, -0.25) is 4.79 Å². The molecular weight excluding hydrogens is 176 g/mol. The zero-order chi connectivity index (χ0) is 10.4. The molecule has 2 heteroatoms. The second-order valence-electron chi connectivity index (χ2n) is 3.74. The first-order valence-electron chi connectivity index (χ1n) is 5.19. The number of hydrogen-bond donors (Lipinski definition) is 0. The van der Waals surface area contributed by atoms with Crippen molar-refractivity contribution < 1.29 is 9.53 Å². The first-order chi connectivity index (χ1) is 6.68. The first kappa shape index (κ1) is 11.0. The summed E-state index contributed by atoms with van der Waals surface area (Å²) in [7, 11) is 0. The van der Waals surface area contributed by atoms with Crippen LogP contribution in [0.3, 0.4) is 0 Å². The lowest BCUT2D eigenvalue weighted by Crippen LogP contribution is -2.09. The highest BCUT2D eigenvalue weighted by Crippen LogP contribution is 2.19. The predicted molar refractivity (Wildman–Crippen MR) is 56.8 cm³/mol. The van der Waals surface area contributed by atoms with Gasteiger partial charge < -0.3 is 4.74 Å². The SMILES string of the molecule is CC(=O)OC(C)C=CC1CC=CCC1. The fourth-order valence-corrected chi connectivity index (χ4v) is 1.61. The number of ether oxygens (including phenoxy) is 1. The van der Waals surface area contributed by atoms with Gasteiger partial charge in [0.15, 0.2) is 0 Å². The molecule has 2 atom stereocenters. The van der Waals surface area contributed by atoms with E-state index in [9.17, 15) is 4.79 Å². The summed E-state index contributed by atoms with van der Waals surface area (Å²) in [6.07, 6.45) is 12.0. The molecular formula is C12H18O2. The van der Waals surface area contributed by atoms with Crippen LogP contribution in [0, 0.1) is 5.92 Å². The van der Waals surface area contributed by atoms with Crippen molar-refractivity contribution in [3.05, 3.63) is 24.3 Å². The van der Waals surface area contributed by atoms with Crippen LogP contribution in [0.4, 0.5) is 0 Å². The largest absolute Gasteiger partial charge is 0.459 e. The maximum absolute atomic E-state index is 10.6. The predicted octanol–water partition coefficient (Wildman–Crippen LogP) is 2.85. The number of allylic oxidation sites excluding steroid dienone is 3. The standard InChI is InChI=1S/C12H18O2/c1-10(14-11(2)13)8-9-12-6-4-3-5-7-12/h3-4,8-10,12H,5-7H2,1-2H3. The van der Waals surface area contributed by atoms with E-state index in [0.717, 1.165) is 12.8 Å². The Morgan fingerprint density at radius 1 is 1.57 bits per heavy atom. The molecule has 0 aromatic carbocycles. The maximum Gasteiger partial charge on any atom is 0.303 e. The molecule has 0 radical (unpaired) electrons. The van der Waals surface area contributed by atoms with Crippen LogP contribution in [0.5, 0.6) is 0 Å². The van der Waals surface area contributed by atoms with Crippen molar-refractivity contribution in [1.82, 2.24) is 0 Å². The summed E-state index contributed by atoms with van der Waals surface area (Å²) in [5.74, 6) is 0.406. The minimum Gasteiger partial charge on any atom is -0.459 e. The van der Waals surface area contributed by atoms with Crippen LogP contribution in [0.2, 0.25) is 0 Å². The molecule has 0 heterocycles. The van der Waals surface area contributed by atoms with Crippen molar-refractivity contribution in [3.63, 3.8) is 0 Å². The van der Waals surface area contributed by atoms with Crippen LogP contribution in [0.1, 0.15) is 33.1 Å². The Morgan fingerprint density at radius 3 is 2.93 bits per heavy atom. The molecule has 0 saturated heterocycles. The minimum atomic E-state index is -0.217. The second-order valence-corrected chi connectivity index (χ2v) is 3.74. The van der Waals surface area contributed by atoms with E-state index in [0.29, 0.717) is 5.92 Å². The summed E-state index contributed by atoms with van der Waals surface area (Å²) < 4.78 is 5.00. The van der Waals surface area contributed by atoms with E-state index in [1.807, 2.05) is 13.0 Å². The average Bonchev–Trinajstić information content (AvgIpc) is 2.15. The number of carbonyl (C=O) groups excluding carboxylic acids is 1. The lowest BCUT2D eigenvalue weighted by Gasteiger charge is -2.14. The highest BCUT2D eigenvalue weighted by molar-refractivity contribution is 5.66. The Morgan fingerprint density at radius 2 is 2.36 bits per heavy atom. The van der Waals surface area contributed by atoms with Gasteiger partial charge in [0.1, 0.15) is 6.10 Å². The molecule has 1 aliphatic carbocycles. The third-order valence-electron chi connectivity index (χ3n) is 2.32. The van der Waals surface area contributed by atoms with E-state index in [-0.39, 0.29) is 12.1 Å². The van der Waals surface area contributed by atoms with Gasteiger partial charge in [0.2, 0.25) is 0 Å². The minimum absolute atomic E-state index is 0.0987. The van der Waals surface area contributed by atoms with Crippen molar-refractivity contribution in [2.75, 3.05) is 0 Å². The molecule has 1 aliphatic rings. The lowest BCUT2D eigenvalue weighted by molar-refractivity contribution is -0.143. The highest BCUT2D eigenvalue weighted by Gasteiger charge is 2.06. The molecule has 2 unspecified atom stereocenters. The van der Waals surface area contributed by atoms with Crippen LogP contribution in [-0.4, -0.2) is 12.1 Å². The molecule has 0 amide bonds. The van der Waals surface area contributed by atoms with Gasteiger partial charge in [0, 0.05) is 6.92 Å². The molecule has 0 aromatic heterocycles. The summed E-state index contributed by atoms with van der Waals surface area (Å²) >= 11 is 0. The summed E-state index contributed by atoms with van der Waals surface area (Å²) in [4.78, 5) is 10.6. The summed E-state index contributed by atoms with van der Waals surface area (Å²) in [6.45, 7) is 3.32. The monoisotopic (exact) mass is 194 g/mol. The Balaban J connectivity index is 2.30. The van der Waals surface area contributed by atoms with Gasteiger partial charge in [-0.25, -0.2) is 0 Å². The number of hydrogen-bond acceptors (Lipinski definition) is 2. The van der Waals surface area contributed by atoms with E-state index in [2.05, 4.69) is 18.2 Å². The van der Waals surface area contributed by atoms with E-state index >= 15 is 0 Å². The van der Waals surface area contributed by atoms with Crippen LogP contribution < -0.4 is 0 Å². The zero-order valence-corrected chi connectivity index (χ0v) is 8.90. The van der Waals surface area contributed by atoms with E-state index in [1.165, 1.54) is 13.3 Å². The third kappa shape index (κ3) is 4.26. The van der Waals surface area contributed by atoms with Crippen LogP contribution in [0.15, 0.2) is 24.3 Å². The van der Waals surface area contributed by atoms with Gasteiger partial charge in [-0.05, 0) is 38.2 Å². The number of esters is 1. The van der Waals surface area contributed by atoms with Gasteiger partial charge in [0.05, 0.1) is 0 Å². The molecule has 0 bridgehead atoms. The molecule has 0 aromatic rings. The molecule has 0 spiro atoms. The average molecular weight is 194 g/mol. The van der Waals surface area contributed by atoms with Crippen molar-refractivity contribution in [1.29, 1.82) is 0 Å². The van der Waals surface area contributed by atoms with Crippen molar-refractivity contribution in [2.45, 2.75) is 39.2 Å². The summed E-state index contributed by atoms with van der Waals surface area (Å²) in [6, 6.07) is 0. The van der Waals surface area contributed by atoms with Gasteiger partial charge in [-0.2, -0.15) is 0 Å². The van der Waals surface area contributed by atoms with Gasteiger partial charge in [-0.15, -0.1) is 0 Å². The van der Waals surface area contributed by atoms with E-state index in [4.69, 9.17) is 4.74 Å². The van der Waals surface area contributed by atoms with Gasteiger partial charge >= 0.3 is 5.97 Å². The molecule has 78 valence electrons. The molecule has 0 fully saturated rings. The fraction of sp³-hybridized carbons (Fsp3) is 0.583. The summed E-state index contributed by atoms with van der Waals surface area (Å²) in [5.41, 5.74) is 0. The quantitative estimate of drug-likeness (QED) is 0.510. The van der Waals surface area contributed by atoms with Gasteiger partial charge in [-0.1, -0.05) is 18.2 Å². The number of carbonyl (C=O) groups is 1. The van der Waals surface area contributed by atoms with Crippen LogP contribution in [-0.2, 0) is 9.53 Å². The zero-order valence-electron chi connectivity index (χ0n) is 8.90. The molecule has 0 aliphatic heterocycles. The number of rotatable bonds is 3. The maximum atomic E-state index is 10.6. The fourth-order valence-electron chi connectivity index (χ4n) is 1.61. The normalized spacial score (nSPS) is 23.7. The highest BCUT2D eigenvalue weighted by atomic mass is 16.5. The molecule has 1 rings (SSSR count). The Hall–Kier alpha value is -1.05. The molecule has 0 saturated carbocycles. The Bertz CT molecular complexity index is 241. The second kappa shape index (κ2) is 5.63. The molecule has 2 nitrogen and oxygen atoms in total. The van der Waals surface area contributed by atoms with E-state index in [1.54, 1.807) is 0 Å². The van der Waals surface area contributed by atoms with Gasteiger partial charge in [0.25, 0.3) is 0 Å². The lowest BCUT2D eigenvalue weighted by atomic mass is 9.94. The smallest absolute Gasteiger partial charge is 0.303 e. The van der Waals surface area contributed by atoms with E-state index < -0.39 is 0 Å². The van der Waals surface area contributed by atoms with Crippen molar-refractivity contribution >= 4 is 5.97 Å². The topological polar surface area (TPSA) is 26.3 Å². The first-order valence-corrected chi connectivity index (χ1v) is 5.19. The molecule has 14 heavy (non-hydrogen) atoms. The van der Waals surface area contributed by atoms with Crippen LogP contribution in [0.25, 0.3) is 0 Å². The third-order valence-corrected chi connectivity index (χ3v) is 2.32. The van der Waals surface area contributed by atoms with Crippen molar-refractivity contribution in [3.8, 4) is 0 Å².